The van der Waals surface area contributed by atoms with E-state index in [4.69, 9.17) is 0 Å². The highest BCUT2D eigenvalue weighted by molar-refractivity contribution is 7.14. The number of aromatic nitrogens is 1. The minimum atomic E-state index is -0.312. The van der Waals surface area contributed by atoms with Crippen LogP contribution < -0.4 is 4.90 Å². The molecule has 0 unspecified atom stereocenters. The quantitative estimate of drug-likeness (QED) is 0.835. The number of hydrogen-bond donors (Lipinski definition) is 0. The normalized spacial score (nSPS) is 14.2. The van der Waals surface area contributed by atoms with Gasteiger partial charge in [0, 0.05) is 31.9 Å². The van der Waals surface area contributed by atoms with Crippen LogP contribution in [0.3, 0.4) is 0 Å². The minimum Gasteiger partial charge on any atom is -0.341 e. The molecule has 0 bridgehead atoms. The molecule has 1 saturated heterocycles. The molecule has 1 fully saturated rings. The fourth-order valence-corrected chi connectivity index (χ4v) is 3.51. The maximum atomic E-state index is 13.2. The van der Waals surface area contributed by atoms with Crippen LogP contribution in [0.5, 0.6) is 0 Å². The van der Waals surface area contributed by atoms with E-state index in [1.54, 1.807) is 29.0 Å². The molecule has 0 radical (unpaired) electrons. The predicted octanol–water partition coefficient (Wildman–Crippen LogP) is 2.61. The highest BCUT2D eigenvalue weighted by atomic mass is 32.1. The molecular weight excluding hydrogens is 329 g/mol. The van der Waals surface area contributed by atoms with E-state index in [1.165, 1.54) is 23.5 Å². The van der Waals surface area contributed by atoms with Crippen LogP contribution in [0.15, 0.2) is 29.6 Å². The third-order valence-electron chi connectivity index (χ3n) is 3.91. The molecule has 0 aliphatic carbocycles. The van der Waals surface area contributed by atoms with Crippen molar-refractivity contribution in [3.63, 3.8) is 0 Å². The highest BCUT2D eigenvalue weighted by Crippen LogP contribution is 2.25. The standard InChI is InChI=1S/C17H18FN3O2S/c1-20(10-12-4-2-5-13(18)8-12)16(23)9-14-11-24-17(19-14)21-7-3-6-15(21)22/h2,4-5,8,11H,3,6-7,9-10H2,1H3. The second-order valence-electron chi connectivity index (χ2n) is 5.83. The Hall–Kier alpha value is -2.28. The Balaban J connectivity index is 1.60. The summed E-state index contributed by atoms with van der Waals surface area (Å²) in [4.78, 5) is 31.7. The molecule has 24 heavy (non-hydrogen) atoms. The van der Waals surface area contributed by atoms with Crippen molar-refractivity contribution < 1.29 is 14.0 Å². The fraction of sp³-hybridized carbons (Fsp3) is 0.353. The van der Waals surface area contributed by atoms with E-state index >= 15 is 0 Å². The number of thiazole rings is 1. The van der Waals surface area contributed by atoms with Gasteiger partial charge in [-0.1, -0.05) is 12.1 Å². The lowest BCUT2D eigenvalue weighted by molar-refractivity contribution is -0.129. The summed E-state index contributed by atoms with van der Waals surface area (Å²) in [5.74, 6) is -0.318. The van der Waals surface area contributed by atoms with Crippen molar-refractivity contribution in [3.05, 3.63) is 46.7 Å². The van der Waals surface area contributed by atoms with Gasteiger partial charge in [-0.05, 0) is 24.1 Å². The first-order valence-electron chi connectivity index (χ1n) is 7.76. The Kier molecular flexibility index (Phi) is 4.89. The molecule has 0 atom stereocenters. The van der Waals surface area contributed by atoms with Gasteiger partial charge in [0.05, 0.1) is 12.1 Å². The van der Waals surface area contributed by atoms with E-state index in [-0.39, 0.29) is 24.1 Å². The zero-order valence-electron chi connectivity index (χ0n) is 13.4. The summed E-state index contributed by atoms with van der Waals surface area (Å²) in [7, 11) is 1.69. The summed E-state index contributed by atoms with van der Waals surface area (Å²) in [5.41, 5.74) is 1.40. The molecule has 1 aliphatic heterocycles. The average Bonchev–Trinajstić information content (AvgIpc) is 3.16. The molecule has 7 heteroatoms. The number of anilines is 1. The molecule has 2 amide bonds. The van der Waals surface area contributed by atoms with Crippen molar-refractivity contribution in [2.45, 2.75) is 25.8 Å². The predicted molar refractivity (Wildman–Crippen MR) is 90.3 cm³/mol. The van der Waals surface area contributed by atoms with E-state index in [1.807, 2.05) is 5.38 Å². The average molecular weight is 347 g/mol. The zero-order chi connectivity index (χ0) is 17.1. The molecule has 126 valence electrons. The Morgan fingerprint density at radius 3 is 3.00 bits per heavy atom. The monoisotopic (exact) mass is 347 g/mol. The van der Waals surface area contributed by atoms with Crippen molar-refractivity contribution in [3.8, 4) is 0 Å². The van der Waals surface area contributed by atoms with Crippen LogP contribution in [0.2, 0.25) is 0 Å². The van der Waals surface area contributed by atoms with Crippen LogP contribution in [-0.4, -0.2) is 35.3 Å². The lowest BCUT2D eigenvalue weighted by Crippen LogP contribution is -2.28. The van der Waals surface area contributed by atoms with Crippen molar-refractivity contribution >= 4 is 28.3 Å². The van der Waals surface area contributed by atoms with Crippen molar-refractivity contribution in [1.29, 1.82) is 0 Å². The number of amides is 2. The van der Waals surface area contributed by atoms with Gasteiger partial charge in [-0.2, -0.15) is 0 Å². The van der Waals surface area contributed by atoms with Crippen molar-refractivity contribution in [2.24, 2.45) is 0 Å². The minimum absolute atomic E-state index is 0.0884. The van der Waals surface area contributed by atoms with Gasteiger partial charge in [-0.3, -0.25) is 14.5 Å². The van der Waals surface area contributed by atoms with Crippen molar-refractivity contribution in [1.82, 2.24) is 9.88 Å². The summed E-state index contributed by atoms with van der Waals surface area (Å²) >= 11 is 1.38. The molecule has 1 aliphatic rings. The molecule has 5 nitrogen and oxygen atoms in total. The van der Waals surface area contributed by atoms with E-state index in [0.717, 1.165) is 12.0 Å². The van der Waals surface area contributed by atoms with Crippen LogP contribution >= 0.6 is 11.3 Å². The highest BCUT2D eigenvalue weighted by Gasteiger charge is 2.24. The molecule has 0 N–H and O–H groups in total. The maximum Gasteiger partial charge on any atom is 0.228 e. The van der Waals surface area contributed by atoms with Crippen molar-refractivity contribution in [2.75, 3.05) is 18.5 Å². The number of halogens is 1. The second-order valence-corrected chi connectivity index (χ2v) is 6.66. The first kappa shape index (κ1) is 16.6. The summed E-state index contributed by atoms with van der Waals surface area (Å²) in [6, 6.07) is 6.21. The Bertz CT molecular complexity index is 762. The van der Waals surface area contributed by atoms with E-state index < -0.39 is 0 Å². The van der Waals surface area contributed by atoms with E-state index in [9.17, 15) is 14.0 Å². The molecule has 2 aromatic rings. The Labute approximate surface area is 143 Å². The topological polar surface area (TPSA) is 53.5 Å². The van der Waals surface area contributed by atoms with Gasteiger partial charge in [0.2, 0.25) is 11.8 Å². The number of carbonyl (C=O) groups is 2. The van der Waals surface area contributed by atoms with Gasteiger partial charge < -0.3 is 4.90 Å². The number of carbonyl (C=O) groups excluding carboxylic acids is 2. The summed E-state index contributed by atoms with van der Waals surface area (Å²) < 4.78 is 13.2. The van der Waals surface area contributed by atoms with Crippen LogP contribution in [0.25, 0.3) is 0 Å². The van der Waals surface area contributed by atoms with Gasteiger partial charge in [-0.25, -0.2) is 9.37 Å². The molecule has 0 spiro atoms. The van der Waals surface area contributed by atoms with Gasteiger partial charge in [0.15, 0.2) is 5.13 Å². The third kappa shape index (κ3) is 3.79. The summed E-state index contributed by atoms with van der Waals surface area (Å²) in [5, 5.41) is 2.47. The molecular formula is C17H18FN3O2S. The SMILES string of the molecule is CN(Cc1cccc(F)c1)C(=O)Cc1csc(N2CCCC2=O)n1. The number of nitrogens with zero attached hydrogens (tertiary/aromatic N) is 3. The van der Waals surface area contributed by atoms with Crippen LogP contribution in [0, 0.1) is 5.82 Å². The fourth-order valence-electron chi connectivity index (χ4n) is 2.64. The first-order chi connectivity index (χ1) is 11.5. The molecule has 2 heterocycles. The van der Waals surface area contributed by atoms with Gasteiger partial charge in [0.1, 0.15) is 5.82 Å². The Morgan fingerprint density at radius 2 is 2.29 bits per heavy atom. The van der Waals surface area contributed by atoms with Gasteiger partial charge in [-0.15, -0.1) is 11.3 Å². The van der Waals surface area contributed by atoms with Crippen LogP contribution in [0.1, 0.15) is 24.1 Å². The molecule has 3 rings (SSSR count). The second kappa shape index (κ2) is 7.09. The van der Waals surface area contributed by atoms with E-state index in [0.29, 0.717) is 30.3 Å². The number of likely N-dealkylation sites (N-methyl/N-ethyl adjacent to an activating group) is 1. The first-order valence-corrected chi connectivity index (χ1v) is 8.64. The molecule has 1 aromatic heterocycles. The molecule has 0 saturated carbocycles. The Morgan fingerprint density at radius 1 is 1.46 bits per heavy atom. The summed E-state index contributed by atoms with van der Waals surface area (Å²) in [6.45, 7) is 1.04. The zero-order valence-corrected chi connectivity index (χ0v) is 14.2. The third-order valence-corrected chi connectivity index (χ3v) is 4.82. The number of benzene rings is 1. The smallest absolute Gasteiger partial charge is 0.228 e. The summed E-state index contributed by atoms with van der Waals surface area (Å²) in [6.07, 6.45) is 1.58. The van der Waals surface area contributed by atoms with Gasteiger partial charge >= 0.3 is 0 Å². The largest absolute Gasteiger partial charge is 0.341 e. The number of hydrogen-bond acceptors (Lipinski definition) is 4. The van der Waals surface area contributed by atoms with E-state index in [2.05, 4.69) is 4.98 Å². The van der Waals surface area contributed by atoms with Gasteiger partial charge in [0.25, 0.3) is 0 Å². The van der Waals surface area contributed by atoms with Crippen LogP contribution in [-0.2, 0) is 22.6 Å². The number of rotatable bonds is 5. The van der Waals surface area contributed by atoms with Crippen LogP contribution in [0.4, 0.5) is 9.52 Å². The lowest BCUT2D eigenvalue weighted by Gasteiger charge is -2.17. The lowest BCUT2D eigenvalue weighted by atomic mass is 10.2. The molecule has 1 aromatic carbocycles. The maximum absolute atomic E-state index is 13.2.